The summed E-state index contributed by atoms with van der Waals surface area (Å²) in [7, 11) is 1.88. The molecule has 2 aromatic rings. The van der Waals surface area contributed by atoms with E-state index < -0.39 is 0 Å². The summed E-state index contributed by atoms with van der Waals surface area (Å²) in [6.45, 7) is 0.720. The highest BCUT2D eigenvalue weighted by Crippen LogP contribution is 2.28. The van der Waals surface area contributed by atoms with Crippen molar-refractivity contribution in [1.29, 1.82) is 0 Å². The minimum Gasteiger partial charge on any atom is -0.334 e. The van der Waals surface area contributed by atoms with Crippen LogP contribution in [0.4, 0.5) is 0 Å². The molecule has 0 aliphatic heterocycles. The molecule has 1 heterocycles. The zero-order valence-corrected chi connectivity index (χ0v) is 13.0. The number of fused-ring (bicyclic) bond motifs is 1. The summed E-state index contributed by atoms with van der Waals surface area (Å²) in [6.07, 6.45) is 4.23. The lowest BCUT2D eigenvalue weighted by atomic mass is 9.91. The maximum absolute atomic E-state index is 12.9. The highest BCUT2D eigenvalue weighted by atomic mass is 35.5. The number of aromatic nitrogens is 2. The molecule has 1 fully saturated rings. The molecule has 4 nitrogen and oxygen atoms in total. The van der Waals surface area contributed by atoms with Crippen LogP contribution in [-0.2, 0) is 7.05 Å². The van der Waals surface area contributed by atoms with Crippen molar-refractivity contribution in [1.82, 2.24) is 14.7 Å². The molecule has 1 aromatic carbocycles. The van der Waals surface area contributed by atoms with Crippen LogP contribution in [0.2, 0.25) is 0 Å². The van der Waals surface area contributed by atoms with Crippen LogP contribution in [0, 0.1) is 0 Å². The summed E-state index contributed by atoms with van der Waals surface area (Å²) < 4.78 is 1.78. The van der Waals surface area contributed by atoms with Crippen LogP contribution < -0.4 is 0 Å². The summed E-state index contributed by atoms with van der Waals surface area (Å²) in [5, 5.41) is 5.38. The Kier molecular flexibility index (Phi) is 4.15. The van der Waals surface area contributed by atoms with Gasteiger partial charge < -0.3 is 4.90 Å². The van der Waals surface area contributed by atoms with Gasteiger partial charge in [-0.1, -0.05) is 18.2 Å². The second-order valence-electron chi connectivity index (χ2n) is 5.62. The Morgan fingerprint density at radius 3 is 2.86 bits per heavy atom. The summed E-state index contributed by atoms with van der Waals surface area (Å²) in [4.78, 5) is 14.9. The third-order valence-electron chi connectivity index (χ3n) is 4.27. The van der Waals surface area contributed by atoms with E-state index in [1.165, 1.54) is 6.42 Å². The Bertz CT molecular complexity index is 648. The minimum absolute atomic E-state index is 0.0432. The van der Waals surface area contributed by atoms with Crippen LogP contribution in [-0.4, -0.2) is 39.1 Å². The molecule has 3 rings (SSSR count). The normalized spacial score (nSPS) is 15.1. The van der Waals surface area contributed by atoms with Gasteiger partial charge in [0.1, 0.15) is 0 Å². The summed E-state index contributed by atoms with van der Waals surface area (Å²) in [6, 6.07) is 8.24. The topological polar surface area (TPSA) is 38.1 Å². The van der Waals surface area contributed by atoms with Gasteiger partial charge in [-0.05, 0) is 31.7 Å². The Hall–Kier alpha value is -1.55. The Morgan fingerprint density at radius 1 is 1.43 bits per heavy atom. The lowest BCUT2D eigenvalue weighted by Crippen LogP contribution is -2.45. The van der Waals surface area contributed by atoms with Crippen molar-refractivity contribution in [3.63, 3.8) is 0 Å². The molecule has 5 heteroatoms. The van der Waals surface area contributed by atoms with E-state index in [1.54, 1.807) is 4.68 Å². The quantitative estimate of drug-likeness (QED) is 0.796. The van der Waals surface area contributed by atoms with Crippen LogP contribution in [0.5, 0.6) is 0 Å². The highest BCUT2D eigenvalue weighted by Gasteiger charge is 2.31. The van der Waals surface area contributed by atoms with E-state index in [1.807, 2.05) is 36.2 Å². The molecule has 1 aliphatic rings. The first-order valence-electron chi connectivity index (χ1n) is 7.51. The zero-order chi connectivity index (χ0) is 14.8. The lowest BCUT2D eigenvalue weighted by molar-refractivity contribution is 0.0576. The number of hydrogen-bond acceptors (Lipinski definition) is 2. The Labute approximate surface area is 129 Å². The van der Waals surface area contributed by atoms with Gasteiger partial charge in [0, 0.05) is 30.9 Å². The number of carbonyl (C=O) groups is 1. The van der Waals surface area contributed by atoms with Crippen molar-refractivity contribution < 1.29 is 4.79 Å². The molecule has 1 aliphatic carbocycles. The molecule has 0 atom stereocenters. The molecular weight excluding hydrogens is 286 g/mol. The molecule has 112 valence electrons. The number of halogens is 1. The van der Waals surface area contributed by atoms with Crippen LogP contribution in [0.1, 0.15) is 36.2 Å². The highest BCUT2D eigenvalue weighted by molar-refractivity contribution is 6.17. The summed E-state index contributed by atoms with van der Waals surface area (Å²) in [5.41, 5.74) is 1.56. The van der Waals surface area contributed by atoms with Crippen molar-refractivity contribution in [2.24, 2.45) is 7.05 Å². The molecular formula is C16H20ClN3O. The van der Waals surface area contributed by atoms with E-state index in [0.29, 0.717) is 17.6 Å². The van der Waals surface area contributed by atoms with E-state index in [4.69, 9.17) is 11.6 Å². The number of benzene rings is 1. The zero-order valence-electron chi connectivity index (χ0n) is 12.3. The number of para-hydroxylation sites is 1. The largest absolute Gasteiger partial charge is 0.334 e. The first kappa shape index (κ1) is 14.4. The summed E-state index contributed by atoms with van der Waals surface area (Å²) in [5.74, 6) is 0.626. The maximum atomic E-state index is 12.9. The van der Waals surface area contributed by atoms with Crippen LogP contribution in [0.3, 0.4) is 0 Å². The van der Waals surface area contributed by atoms with Gasteiger partial charge in [0.05, 0.1) is 5.52 Å². The van der Waals surface area contributed by atoms with Gasteiger partial charge in [-0.15, -0.1) is 11.6 Å². The molecule has 21 heavy (non-hydrogen) atoms. The van der Waals surface area contributed by atoms with Crippen LogP contribution in [0.15, 0.2) is 24.3 Å². The van der Waals surface area contributed by atoms with Gasteiger partial charge in [-0.3, -0.25) is 9.48 Å². The molecule has 0 saturated heterocycles. The Morgan fingerprint density at radius 2 is 2.19 bits per heavy atom. The number of alkyl halides is 1. The molecule has 1 saturated carbocycles. The van der Waals surface area contributed by atoms with Crippen molar-refractivity contribution in [3.8, 4) is 0 Å². The standard InChI is InChI=1S/C16H20ClN3O/c1-19-14-9-3-2-8-13(14)15(18-19)16(21)20(11-5-10-17)12-6-4-7-12/h2-3,8-9,12H,4-7,10-11H2,1H3. The second kappa shape index (κ2) is 6.06. The predicted molar refractivity (Wildman–Crippen MR) is 84.7 cm³/mol. The number of aryl methyl sites for hydroxylation is 1. The first-order chi connectivity index (χ1) is 10.2. The van der Waals surface area contributed by atoms with E-state index in [-0.39, 0.29) is 5.91 Å². The van der Waals surface area contributed by atoms with Crippen molar-refractivity contribution in [2.45, 2.75) is 31.7 Å². The Balaban J connectivity index is 1.93. The molecule has 0 bridgehead atoms. The fraction of sp³-hybridized carbons (Fsp3) is 0.500. The molecule has 0 N–H and O–H groups in total. The van der Waals surface area contributed by atoms with Crippen LogP contribution in [0.25, 0.3) is 10.9 Å². The predicted octanol–water partition coefficient (Wildman–Crippen LogP) is 3.20. The number of hydrogen-bond donors (Lipinski definition) is 0. The van der Waals surface area contributed by atoms with Gasteiger partial charge >= 0.3 is 0 Å². The monoisotopic (exact) mass is 305 g/mol. The average molecular weight is 306 g/mol. The van der Waals surface area contributed by atoms with Crippen molar-refractivity contribution in [3.05, 3.63) is 30.0 Å². The fourth-order valence-corrected chi connectivity index (χ4v) is 3.01. The van der Waals surface area contributed by atoms with E-state index in [9.17, 15) is 4.79 Å². The third-order valence-corrected chi connectivity index (χ3v) is 4.54. The maximum Gasteiger partial charge on any atom is 0.275 e. The lowest BCUT2D eigenvalue weighted by Gasteiger charge is -2.37. The number of carbonyl (C=O) groups excluding carboxylic acids is 1. The van der Waals surface area contributed by atoms with Gasteiger partial charge in [-0.25, -0.2) is 0 Å². The van der Waals surface area contributed by atoms with E-state index in [2.05, 4.69) is 5.10 Å². The number of rotatable bonds is 5. The number of nitrogens with zero attached hydrogens (tertiary/aromatic N) is 3. The molecule has 1 amide bonds. The first-order valence-corrected chi connectivity index (χ1v) is 8.04. The summed E-state index contributed by atoms with van der Waals surface area (Å²) >= 11 is 5.80. The van der Waals surface area contributed by atoms with Gasteiger partial charge in [-0.2, -0.15) is 5.10 Å². The fourth-order valence-electron chi connectivity index (χ4n) is 2.89. The van der Waals surface area contributed by atoms with Gasteiger partial charge in [0.2, 0.25) is 0 Å². The van der Waals surface area contributed by atoms with E-state index >= 15 is 0 Å². The van der Waals surface area contributed by atoms with Gasteiger partial charge in [0.15, 0.2) is 5.69 Å². The molecule has 0 radical (unpaired) electrons. The minimum atomic E-state index is 0.0432. The van der Waals surface area contributed by atoms with Gasteiger partial charge in [0.25, 0.3) is 5.91 Å². The molecule has 0 unspecified atom stereocenters. The van der Waals surface area contributed by atoms with Crippen molar-refractivity contribution >= 4 is 28.4 Å². The molecule has 1 aromatic heterocycles. The molecule has 0 spiro atoms. The number of amides is 1. The third kappa shape index (κ3) is 2.64. The van der Waals surface area contributed by atoms with Crippen LogP contribution >= 0.6 is 11.6 Å². The van der Waals surface area contributed by atoms with Crippen molar-refractivity contribution in [2.75, 3.05) is 12.4 Å². The smallest absolute Gasteiger partial charge is 0.275 e. The SMILES string of the molecule is Cn1nc(C(=O)N(CCCCl)C2CCC2)c2ccccc21. The average Bonchev–Trinajstić information content (AvgIpc) is 2.78. The second-order valence-corrected chi connectivity index (χ2v) is 5.99. The van der Waals surface area contributed by atoms with E-state index in [0.717, 1.165) is 36.7 Å².